The average Bonchev–Trinajstić information content (AvgIpc) is 2.69. The van der Waals surface area contributed by atoms with Crippen molar-refractivity contribution in [3.8, 4) is 5.75 Å². The summed E-state index contributed by atoms with van der Waals surface area (Å²) < 4.78 is 10.3. The Balaban J connectivity index is 1.64. The molecule has 6 heteroatoms. The third-order valence-electron chi connectivity index (χ3n) is 4.87. The molecule has 1 aromatic carbocycles. The molecular formula is C20H34N4O2. The Bertz CT molecular complexity index is 525. The highest BCUT2D eigenvalue weighted by molar-refractivity contribution is 5.79. The molecule has 26 heavy (non-hydrogen) atoms. The second-order valence-corrected chi connectivity index (χ2v) is 6.79. The fourth-order valence-corrected chi connectivity index (χ4v) is 3.22. The highest BCUT2D eigenvalue weighted by Crippen LogP contribution is 2.19. The van der Waals surface area contributed by atoms with Gasteiger partial charge in [-0.2, -0.15) is 0 Å². The zero-order valence-electron chi connectivity index (χ0n) is 16.5. The lowest BCUT2D eigenvalue weighted by atomic mass is 9.96. The second-order valence-electron chi connectivity index (χ2n) is 6.79. The van der Waals surface area contributed by atoms with E-state index >= 15 is 0 Å². The number of likely N-dealkylation sites (tertiary alicyclic amines) is 1. The number of nitrogens with zero attached hydrogens (tertiary/aromatic N) is 2. The van der Waals surface area contributed by atoms with Gasteiger partial charge in [0.25, 0.3) is 0 Å². The molecule has 1 fully saturated rings. The minimum Gasteiger partial charge on any atom is -0.497 e. The summed E-state index contributed by atoms with van der Waals surface area (Å²) in [6, 6.07) is 8.39. The van der Waals surface area contributed by atoms with E-state index in [0.717, 1.165) is 57.5 Å². The van der Waals surface area contributed by atoms with E-state index < -0.39 is 0 Å². The lowest BCUT2D eigenvalue weighted by Crippen LogP contribution is -2.43. The molecule has 0 bridgehead atoms. The van der Waals surface area contributed by atoms with Crippen LogP contribution in [0.3, 0.4) is 0 Å². The summed E-state index contributed by atoms with van der Waals surface area (Å²) in [6.45, 7) is 5.97. The van der Waals surface area contributed by atoms with Crippen LogP contribution in [0.4, 0.5) is 0 Å². The SMILES string of the molecule is CN=C(NCCCOC)NCC1CCN(Cc2ccc(OC)cc2)CC1. The van der Waals surface area contributed by atoms with Gasteiger partial charge in [-0.05, 0) is 56.0 Å². The van der Waals surface area contributed by atoms with Gasteiger partial charge >= 0.3 is 0 Å². The molecule has 0 saturated carbocycles. The van der Waals surface area contributed by atoms with E-state index in [1.165, 1.54) is 18.4 Å². The first-order valence-electron chi connectivity index (χ1n) is 9.54. The predicted octanol–water partition coefficient (Wildman–Crippen LogP) is 2.11. The van der Waals surface area contributed by atoms with Crippen LogP contribution in [0.15, 0.2) is 29.3 Å². The van der Waals surface area contributed by atoms with Crippen molar-refractivity contribution in [2.45, 2.75) is 25.8 Å². The third kappa shape index (κ3) is 7.22. The van der Waals surface area contributed by atoms with Crippen LogP contribution in [0.5, 0.6) is 5.75 Å². The summed E-state index contributed by atoms with van der Waals surface area (Å²) in [4.78, 5) is 6.83. The van der Waals surface area contributed by atoms with Crippen molar-refractivity contribution in [2.75, 3.05) is 54.1 Å². The maximum atomic E-state index is 5.22. The monoisotopic (exact) mass is 362 g/mol. The molecule has 1 aromatic rings. The van der Waals surface area contributed by atoms with Crippen molar-refractivity contribution in [3.05, 3.63) is 29.8 Å². The number of methoxy groups -OCH3 is 2. The lowest BCUT2D eigenvalue weighted by Gasteiger charge is -2.32. The Morgan fingerprint density at radius 2 is 1.88 bits per heavy atom. The number of hydrogen-bond acceptors (Lipinski definition) is 4. The Hall–Kier alpha value is -1.79. The maximum Gasteiger partial charge on any atom is 0.190 e. The van der Waals surface area contributed by atoms with Crippen LogP contribution in [0.25, 0.3) is 0 Å². The van der Waals surface area contributed by atoms with E-state index in [4.69, 9.17) is 9.47 Å². The molecule has 1 aliphatic rings. The second kappa shape index (κ2) is 11.8. The molecule has 2 rings (SSSR count). The predicted molar refractivity (Wildman–Crippen MR) is 107 cm³/mol. The smallest absolute Gasteiger partial charge is 0.190 e. The molecule has 0 unspecified atom stereocenters. The number of hydrogen-bond donors (Lipinski definition) is 2. The van der Waals surface area contributed by atoms with E-state index in [2.05, 4.69) is 32.7 Å². The van der Waals surface area contributed by atoms with Crippen LogP contribution in [0.1, 0.15) is 24.8 Å². The number of benzene rings is 1. The van der Waals surface area contributed by atoms with Crippen molar-refractivity contribution in [2.24, 2.45) is 10.9 Å². The third-order valence-corrected chi connectivity index (χ3v) is 4.87. The molecular weight excluding hydrogens is 328 g/mol. The van der Waals surface area contributed by atoms with Gasteiger partial charge in [0.15, 0.2) is 5.96 Å². The Kier molecular flexibility index (Phi) is 9.28. The van der Waals surface area contributed by atoms with Crippen molar-refractivity contribution in [1.82, 2.24) is 15.5 Å². The van der Waals surface area contributed by atoms with Gasteiger partial charge in [-0.25, -0.2) is 0 Å². The molecule has 0 atom stereocenters. The summed E-state index contributed by atoms with van der Waals surface area (Å²) in [5, 5.41) is 6.79. The van der Waals surface area contributed by atoms with E-state index in [-0.39, 0.29) is 0 Å². The van der Waals surface area contributed by atoms with Crippen molar-refractivity contribution in [1.29, 1.82) is 0 Å². The summed E-state index contributed by atoms with van der Waals surface area (Å²) in [7, 11) is 5.26. The van der Waals surface area contributed by atoms with Gasteiger partial charge < -0.3 is 20.1 Å². The van der Waals surface area contributed by atoms with Gasteiger partial charge in [-0.15, -0.1) is 0 Å². The topological polar surface area (TPSA) is 58.1 Å². The quantitative estimate of drug-likeness (QED) is 0.400. The standard InChI is InChI=1S/C20H34N4O2/c1-21-20(22-11-4-14-25-2)23-15-17-9-12-24(13-10-17)16-18-5-7-19(26-3)8-6-18/h5-8,17H,4,9-16H2,1-3H3,(H2,21,22,23). The molecule has 2 N–H and O–H groups in total. The molecule has 1 heterocycles. The van der Waals surface area contributed by atoms with Crippen molar-refractivity contribution < 1.29 is 9.47 Å². The van der Waals surface area contributed by atoms with Crippen LogP contribution in [0.2, 0.25) is 0 Å². The van der Waals surface area contributed by atoms with Gasteiger partial charge in [0, 0.05) is 40.4 Å². The first-order valence-corrected chi connectivity index (χ1v) is 9.54. The Morgan fingerprint density at radius 3 is 2.50 bits per heavy atom. The van der Waals surface area contributed by atoms with Crippen molar-refractivity contribution >= 4 is 5.96 Å². The minimum absolute atomic E-state index is 0.708. The van der Waals surface area contributed by atoms with Crippen molar-refractivity contribution in [3.63, 3.8) is 0 Å². The molecule has 0 spiro atoms. The number of piperidine rings is 1. The largest absolute Gasteiger partial charge is 0.497 e. The highest BCUT2D eigenvalue weighted by Gasteiger charge is 2.19. The van der Waals surface area contributed by atoms with E-state index in [0.29, 0.717) is 5.92 Å². The van der Waals surface area contributed by atoms with Gasteiger partial charge in [-0.3, -0.25) is 9.89 Å². The molecule has 1 saturated heterocycles. The number of nitrogens with one attached hydrogen (secondary N) is 2. The first-order chi connectivity index (χ1) is 12.7. The molecule has 0 aromatic heterocycles. The summed E-state index contributed by atoms with van der Waals surface area (Å²) in [6.07, 6.45) is 3.44. The number of rotatable bonds is 9. The first kappa shape index (κ1) is 20.5. The zero-order chi connectivity index (χ0) is 18.6. The van der Waals surface area contributed by atoms with Crippen LogP contribution in [-0.2, 0) is 11.3 Å². The zero-order valence-corrected chi connectivity index (χ0v) is 16.5. The summed E-state index contributed by atoms with van der Waals surface area (Å²) in [5.74, 6) is 2.52. The fourth-order valence-electron chi connectivity index (χ4n) is 3.22. The van der Waals surface area contributed by atoms with E-state index in [1.807, 2.05) is 19.2 Å². The number of ether oxygens (including phenoxy) is 2. The number of aliphatic imine (C=N–C) groups is 1. The van der Waals surface area contributed by atoms with Gasteiger partial charge in [0.05, 0.1) is 7.11 Å². The van der Waals surface area contributed by atoms with Crippen LogP contribution in [0, 0.1) is 5.92 Å². The molecule has 146 valence electrons. The normalized spacial score (nSPS) is 16.5. The Morgan fingerprint density at radius 1 is 1.15 bits per heavy atom. The molecule has 0 aliphatic carbocycles. The van der Waals surface area contributed by atoms with Crippen LogP contribution < -0.4 is 15.4 Å². The maximum absolute atomic E-state index is 5.22. The molecule has 6 nitrogen and oxygen atoms in total. The van der Waals surface area contributed by atoms with Gasteiger partial charge in [0.1, 0.15) is 5.75 Å². The van der Waals surface area contributed by atoms with E-state index in [1.54, 1.807) is 14.2 Å². The van der Waals surface area contributed by atoms with E-state index in [9.17, 15) is 0 Å². The average molecular weight is 363 g/mol. The molecule has 0 amide bonds. The van der Waals surface area contributed by atoms with Gasteiger partial charge in [0.2, 0.25) is 0 Å². The molecule has 0 radical (unpaired) electrons. The van der Waals surface area contributed by atoms with Gasteiger partial charge in [-0.1, -0.05) is 12.1 Å². The van der Waals surface area contributed by atoms with Crippen LogP contribution in [-0.4, -0.2) is 64.9 Å². The Labute approximate surface area is 158 Å². The fraction of sp³-hybridized carbons (Fsp3) is 0.650. The van der Waals surface area contributed by atoms with Crippen LogP contribution >= 0.6 is 0 Å². The summed E-state index contributed by atoms with van der Waals surface area (Å²) in [5.41, 5.74) is 1.35. The number of guanidine groups is 1. The highest BCUT2D eigenvalue weighted by atomic mass is 16.5. The minimum atomic E-state index is 0.708. The summed E-state index contributed by atoms with van der Waals surface area (Å²) >= 11 is 0. The lowest BCUT2D eigenvalue weighted by molar-refractivity contribution is 0.178. The molecule has 1 aliphatic heterocycles.